The average molecular weight is 323 g/mol. The van der Waals surface area contributed by atoms with Gasteiger partial charge in [0.05, 0.1) is 6.54 Å². The van der Waals surface area contributed by atoms with Gasteiger partial charge >= 0.3 is 0 Å². The molecule has 3 N–H and O–H groups in total. The van der Waals surface area contributed by atoms with Gasteiger partial charge in [0.2, 0.25) is 0 Å². The van der Waals surface area contributed by atoms with Crippen LogP contribution in [0.15, 0.2) is 23.2 Å². The highest BCUT2D eigenvalue weighted by Gasteiger charge is 2.20. The lowest BCUT2D eigenvalue weighted by molar-refractivity contribution is 0.123. The van der Waals surface area contributed by atoms with Crippen LogP contribution in [0, 0.1) is 11.7 Å². The van der Waals surface area contributed by atoms with Crippen LogP contribution in [0.2, 0.25) is 0 Å². The number of nitrogens with zero attached hydrogens (tertiary/aromatic N) is 1. The number of halogens is 1. The van der Waals surface area contributed by atoms with E-state index in [0.29, 0.717) is 18.1 Å². The first-order valence-electron chi connectivity index (χ1n) is 8.26. The molecule has 0 aromatic heterocycles. The molecule has 1 aliphatic rings. The van der Waals surface area contributed by atoms with Crippen molar-refractivity contribution in [2.24, 2.45) is 10.9 Å². The summed E-state index contributed by atoms with van der Waals surface area (Å²) in [6.07, 6.45) is 3.55. The summed E-state index contributed by atoms with van der Waals surface area (Å²) in [4.78, 5) is 4.42. The zero-order chi connectivity index (χ0) is 16.5. The maximum atomic E-state index is 13.3. The number of guanidine groups is 1. The van der Waals surface area contributed by atoms with Crippen LogP contribution < -0.4 is 10.6 Å². The van der Waals surface area contributed by atoms with Crippen molar-refractivity contribution in [3.63, 3.8) is 0 Å². The Morgan fingerprint density at radius 3 is 2.91 bits per heavy atom. The Labute approximate surface area is 137 Å². The van der Waals surface area contributed by atoms with Gasteiger partial charge in [0, 0.05) is 26.3 Å². The normalized spacial score (nSPS) is 14.8. The predicted molar refractivity (Wildman–Crippen MR) is 89.0 cm³/mol. The molecule has 0 saturated heterocycles. The van der Waals surface area contributed by atoms with Gasteiger partial charge in [0.1, 0.15) is 0 Å². The standard InChI is InChI=1S/C17H26FN3O2/c1-2-19-17(20-8-3-9-23-12-13-4-5-13)21-11-14-6-7-16(22)15(18)10-14/h6-7,10,13,22H,2-5,8-9,11-12H2,1H3,(H2,19,20,21). The number of hydrogen-bond acceptors (Lipinski definition) is 3. The van der Waals surface area contributed by atoms with Crippen molar-refractivity contribution in [3.05, 3.63) is 29.6 Å². The van der Waals surface area contributed by atoms with E-state index < -0.39 is 5.82 Å². The van der Waals surface area contributed by atoms with Gasteiger partial charge in [0.25, 0.3) is 0 Å². The molecule has 5 nitrogen and oxygen atoms in total. The van der Waals surface area contributed by atoms with Crippen LogP contribution in [-0.4, -0.2) is 37.4 Å². The summed E-state index contributed by atoms with van der Waals surface area (Å²) in [5.41, 5.74) is 0.713. The van der Waals surface area contributed by atoms with Gasteiger partial charge in [-0.05, 0) is 49.8 Å². The van der Waals surface area contributed by atoms with E-state index in [-0.39, 0.29) is 5.75 Å². The summed E-state index contributed by atoms with van der Waals surface area (Å²) in [5, 5.41) is 15.6. The molecule has 0 radical (unpaired) electrons. The van der Waals surface area contributed by atoms with Crippen molar-refractivity contribution in [1.82, 2.24) is 10.6 Å². The van der Waals surface area contributed by atoms with Crippen LogP contribution in [0.3, 0.4) is 0 Å². The lowest BCUT2D eigenvalue weighted by Gasteiger charge is -2.11. The van der Waals surface area contributed by atoms with Crippen molar-refractivity contribution < 1.29 is 14.2 Å². The minimum Gasteiger partial charge on any atom is -0.505 e. The first kappa shape index (κ1) is 17.5. The first-order chi connectivity index (χ1) is 11.2. The second kappa shape index (κ2) is 9.35. The summed E-state index contributed by atoms with van der Waals surface area (Å²) in [7, 11) is 0. The molecule has 1 fully saturated rings. The number of ether oxygens (including phenoxy) is 1. The number of rotatable bonds is 9. The monoisotopic (exact) mass is 323 g/mol. The predicted octanol–water partition coefficient (Wildman–Crippen LogP) is 2.40. The maximum absolute atomic E-state index is 13.3. The summed E-state index contributed by atoms with van der Waals surface area (Å²) in [6.45, 7) is 5.53. The van der Waals surface area contributed by atoms with E-state index in [2.05, 4.69) is 15.6 Å². The highest BCUT2D eigenvalue weighted by molar-refractivity contribution is 5.79. The molecular formula is C17H26FN3O2. The molecule has 0 aliphatic heterocycles. The Kier molecular flexibility index (Phi) is 7.13. The molecule has 23 heavy (non-hydrogen) atoms. The molecule has 0 spiro atoms. The van der Waals surface area contributed by atoms with Crippen molar-refractivity contribution >= 4 is 5.96 Å². The van der Waals surface area contributed by atoms with Gasteiger partial charge in [-0.3, -0.25) is 0 Å². The molecule has 0 atom stereocenters. The molecule has 1 saturated carbocycles. The molecule has 1 aliphatic carbocycles. The molecule has 1 aromatic carbocycles. The largest absolute Gasteiger partial charge is 0.505 e. The minimum absolute atomic E-state index is 0.339. The quantitative estimate of drug-likeness (QED) is 0.371. The third-order valence-electron chi connectivity index (χ3n) is 3.58. The molecule has 2 rings (SSSR count). The number of aliphatic imine (C=N–C) groups is 1. The molecule has 0 heterocycles. The third kappa shape index (κ3) is 6.86. The van der Waals surface area contributed by atoms with Crippen LogP contribution in [0.1, 0.15) is 31.7 Å². The van der Waals surface area contributed by atoms with Crippen LogP contribution in [0.25, 0.3) is 0 Å². The Hall–Kier alpha value is -1.82. The smallest absolute Gasteiger partial charge is 0.191 e. The number of hydrogen-bond donors (Lipinski definition) is 3. The molecular weight excluding hydrogens is 297 g/mol. The minimum atomic E-state index is -0.622. The summed E-state index contributed by atoms with van der Waals surface area (Å²) in [6, 6.07) is 4.31. The van der Waals surface area contributed by atoms with Crippen LogP contribution in [0.4, 0.5) is 4.39 Å². The fourth-order valence-corrected chi connectivity index (χ4v) is 2.08. The number of phenols is 1. The third-order valence-corrected chi connectivity index (χ3v) is 3.58. The van der Waals surface area contributed by atoms with Gasteiger partial charge in [-0.2, -0.15) is 0 Å². The lowest BCUT2D eigenvalue weighted by Crippen LogP contribution is -2.38. The number of aromatic hydroxyl groups is 1. The zero-order valence-corrected chi connectivity index (χ0v) is 13.6. The van der Waals surface area contributed by atoms with Crippen LogP contribution >= 0.6 is 0 Å². The molecule has 6 heteroatoms. The van der Waals surface area contributed by atoms with Crippen molar-refractivity contribution in [3.8, 4) is 5.75 Å². The van der Waals surface area contributed by atoms with E-state index in [0.717, 1.165) is 38.6 Å². The summed E-state index contributed by atoms with van der Waals surface area (Å²) >= 11 is 0. The Morgan fingerprint density at radius 1 is 1.39 bits per heavy atom. The summed E-state index contributed by atoms with van der Waals surface area (Å²) < 4.78 is 18.9. The van der Waals surface area contributed by atoms with E-state index in [4.69, 9.17) is 4.74 Å². The van der Waals surface area contributed by atoms with Gasteiger partial charge in [0.15, 0.2) is 17.5 Å². The fourth-order valence-electron chi connectivity index (χ4n) is 2.08. The highest BCUT2D eigenvalue weighted by Crippen LogP contribution is 2.28. The van der Waals surface area contributed by atoms with Crippen molar-refractivity contribution in [1.29, 1.82) is 0 Å². The topological polar surface area (TPSA) is 65.9 Å². The second-order valence-electron chi connectivity index (χ2n) is 5.78. The Balaban J connectivity index is 1.71. The average Bonchev–Trinajstić information content (AvgIpc) is 3.35. The molecule has 1 aromatic rings. The fraction of sp³-hybridized carbons (Fsp3) is 0.588. The Bertz CT molecular complexity index is 519. The number of phenolic OH excluding ortho intramolecular Hbond substituents is 1. The van der Waals surface area contributed by atoms with Gasteiger partial charge in [-0.1, -0.05) is 6.07 Å². The van der Waals surface area contributed by atoms with Crippen LogP contribution in [0.5, 0.6) is 5.75 Å². The second-order valence-corrected chi connectivity index (χ2v) is 5.78. The molecule has 128 valence electrons. The van der Waals surface area contributed by atoms with Gasteiger partial charge < -0.3 is 20.5 Å². The van der Waals surface area contributed by atoms with E-state index >= 15 is 0 Å². The zero-order valence-electron chi connectivity index (χ0n) is 13.6. The van der Waals surface area contributed by atoms with Gasteiger partial charge in [-0.15, -0.1) is 0 Å². The van der Waals surface area contributed by atoms with Crippen LogP contribution in [-0.2, 0) is 11.3 Å². The van der Waals surface area contributed by atoms with E-state index in [1.165, 1.54) is 25.0 Å². The molecule has 0 amide bonds. The first-order valence-corrected chi connectivity index (χ1v) is 8.26. The van der Waals surface area contributed by atoms with Crippen molar-refractivity contribution in [2.45, 2.75) is 32.7 Å². The van der Waals surface area contributed by atoms with Crippen molar-refractivity contribution in [2.75, 3.05) is 26.3 Å². The molecule has 0 bridgehead atoms. The number of nitrogens with one attached hydrogen (secondary N) is 2. The van der Waals surface area contributed by atoms with Gasteiger partial charge in [-0.25, -0.2) is 9.38 Å². The Morgan fingerprint density at radius 2 is 2.22 bits per heavy atom. The lowest BCUT2D eigenvalue weighted by atomic mass is 10.2. The molecule has 0 unspecified atom stereocenters. The number of benzene rings is 1. The van der Waals surface area contributed by atoms with E-state index in [9.17, 15) is 9.50 Å². The van der Waals surface area contributed by atoms with E-state index in [1.807, 2.05) is 6.92 Å². The van der Waals surface area contributed by atoms with E-state index in [1.54, 1.807) is 6.07 Å². The highest BCUT2D eigenvalue weighted by atomic mass is 19.1. The maximum Gasteiger partial charge on any atom is 0.191 e. The SMILES string of the molecule is CCNC(=NCc1ccc(O)c(F)c1)NCCCOCC1CC1. The summed E-state index contributed by atoms with van der Waals surface area (Å²) in [5.74, 6) is 0.535.